The van der Waals surface area contributed by atoms with Crippen LogP contribution in [0.5, 0.6) is 0 Å². The van der Waals surface area contributed by atoms with Crippen molar-refractivity contribution in [1.29, 1.82) is 0 Å². The number of fused-ring (bicyclic) bond motifs is 3. The standard InChI is InChI=1S/C33H33.2C8H9.C5H5.CH2.Zr/c1-32(2,3)30-20-26-24(18-28(30)22-13-9-7-10-14-22)17-25-19-29(23-15-11-8-12-16-23)31(21-27(25)26)33(4,5)6;2*1-2-8-6-4-3-5-7-8;1-2-4-5-3-1;;/h7-21H,1-6H3;2*2-7H,1H3;1-5H;1H2;/q4*-1;;. The molecule has 0 aliphatic heterocycles. The summed E-state index contributed by atoms with van der Waals surface area (Å²) in [5.41, 5.74) is 10.7. The van der Waals surface area contributed by atoms with E-state index in [1.54, 1.807) is 0 Å². The van der Waals surface area contributed by atoms with Crippen molar-refractivity contribution in [1.82, 2.24) is 0 Å². The normalized spacial score (nSPS) is 10.6. The van der Waals surface area contributed by atoms with Crippen LogP contribution in [0.25, 0.3) is 43.8 Å². The van der Waals surface area contributed by atoms with Gasteiger partial charge in [0.25, 0.3) is 0 Å². The van der Waals surface area contributed by atoms with E-state index in [-0.39, 0.29) is 10.8 Å². The molecule has 1 heteroatoms. The fraction of sp³-hybridized carbons (Fsp3) is 0.182. The average Bonchev–Trinajstić information content (AvgIpc) is 3.94. The minimum atomic E-state index is 0.0554. The summed E-state index contributed by atoms with van der Waals surface area (Å²) in [6.45, 7) is 18.0. The molecule has 0 spiro atoms. The van der Waals surface area contributed by atoms with Gasteiger partial charge in [-0.05, 0) is 44.2 Å². The molecule has 0 nitrogen and oxygen atoms in total. The van der Waals surface area contributed by atoms with E-state index in [9.17, 15) is 0 Å². The molecule has 8 aromatic rings. The molecule has 0 fully saturated rings. The molecule has 0 saturated carbocycles. The number of hydrogen-bond acceptors (Lipinski definition) is 0. The predicted molar refractivity (Wildman–Crippen MR) is 246 cm³/mol. The van der Waals surface area contributed by atoms with E-state index in [0.717, 1.165) is 0 Å². The van der Waals surface area contributed by atoms with Gasteiger partial charge in [-0.15, -0.1) is 64.0 Å². The Balaban J connectivity index is 0.000000243. The van der Waals surface area contributed by atoms with Crippen LogP contribution < -0.4 is 0 Å². The number of rotatable bonds is 4. The second kappa shape index (κ2) is 21.4. The number of hydrogen-bond donors (Lipinski definition) is 0. The summed E-state index contributed by atoms with van der Waals surface area (Å²) in [5.74, 6) is 0. The molecule has 8 aromatic carbocycles. The summed E-state index contributed by atoms with van der Waals surface area (Å²) >= 11 is 1.30. The van der Waals surface area contributed by atoms with Crippen molar-refractivity contribution in [2.24, 2.45) is 0 Å². The third kappa shape index (κ3) is 12.3. The molecule has 0 bridgehead atoms. The minimum absolute atomic E-state index is 0.0554. The van der Waals surface area contributed by atoms with Gasteiger partial charge >= 0.3 is 28.4 Å². The first-order valence-corrected chi connectivity index (χ1v) is 21.3. The van der Waals surface area contributed by atoms with E-state index in [1.807, 2.05) is 80.6 Å². The zero-order valence-corrected chi connectivity index (χ0v) is 37.1. The van der Waals surface area contributed by atoms with Gasteiger partial charge in [0.2, 0.25) is 0 Å². The van der Waals surface area contributed by atoms with Crippen molar-refractivity contribution in [3.63, 3.8) is 0 Å². The zero-order chi connectivity index (χ0) is 40.6. The van der Waals surface area contributed by atoms with Gasteiger partial charge in [-0.25, -0.2) is 12.1 Å². The van der Waals surface area contributed by atoms with Gasteiger partial charge in [-0.3, -0.25) is 0 Å². The van der Waals surface area contributed by atoms with E-state index < -0.39 is 0 Å². The van der Waals surface area contributed by atoms with Crippen LogP contribution in [-0.4, -0.2) is 4.21 Å². The Labute approximate surface area is 353 Å². The van der Waals surface area contributed by atoms with Crippen LogP contribution in [0.2, 0.25) is 0 Å². The van der Waals surface area contributed by atoms with Gasteiger partial charge in [0, 0.05) is 0 Å². The quantitative estimate of drug-likeness (QED) is 0.155. The van der Waals surface area contributed by atoms with Gasteiger partial charge in [-0.1, -0.05) is 140 Å². The molecule has 0 saturated heterocycles. The van der Waals surface area contributed by atoms with Crippen LogP contribution in [0.3, 0.4) is 0 Å². The van der Waals surface area contributed by atoms with Crippen molar-refractivity contribution in [2.45, 2.75) is 66.2 Å². The summed E-state index contributed by atoms with van der Waals surface area (Å²) in [7, 11) is 0. The van der Waals surface area contributed by atoms with E-state index in [0.29, 0.717) is 0 Å². The second-order valence-electron chi connectivity index (χ2n) is 15.7. The summed E-state index contributed by atoms with van der Waals surface area (Å²) in [6.07, 6.45) is 4.17. The van der Waals surface area contributed by atoms with Gasteiger partial charge < -0.3 is 0 Å². The predicted octanol–water partition coefficient (Wildman–Crippen LogP) is 15.5. The molecule has 0 aliphatic rings. The van der Waals surface area contributed by atoms with Crippen molar-refractivity contribution < 1.29 is 24.2 Å². The topological polar surface area (TPSA) is 0 Å². The molecule has 0 heterocycles. The van der Waals surface area contributed by atoms with Gasteiger partial charge in [0.15, 0.2) is 0 Å². The molecular weight excluding hydrogens is 752 g/mol. The van der Waals surface area contributed by atoms with E-state index in [1.165, 1.54) is 90.3 Å². The van der Waals surface area contributed by atoms with Gasteiger partial charge in [0.1, 0.15) is 0 Å². The van der Waals surface area contributed by atoms with Crippen molar-refractivity contribution in [3.8, 4) is 22.3 Å². The monoisotopic (exact) mass is 808 g/mol. The van der Waals surface area contributed by atoms with E-state index in [2.05, 4.69) is 174 Å². The first-order chi connectivity index (χ1) is 27.0. The fourth-order valence-corrected chi connectivity index (χ4v) is 6.67. The first-order valence-electron chi connectivity index (χ1n) is 19.5. The van der Waals surface area contributed by atoms with Crippen LogP contribution in [0, 0.1) is 12.8 Å². The Hall–Kier alpha value is -4.97. The third-order valence-electron chi connectivity index (χ3n) is 9.59. The Morgan fingerprint density at radius 1 is 0.446 bits per heavy atom. The molecule has 0 amide bonds. The van der Waals surface area contributed by atoms with Crippen molar-refractivity contribution in [2.75, 3.05) is 0 Å². The smallest absolute Gasteiger partial charge is 0.172 e. The summed E-state index contributed by atoms with van der Waals surface area (Å²) in [5, 5.41) is 5.36. The maximum Gasteiger partial charge on any atom is -0.172 e. The molecule has 0 aromatic heterocycles. The Bertz CT molecular complexity index is 2110. The van der Waals surface area contributed by atoms with Crippen LogP contribution in [0.1, 0.15) is 77.6 Å². The molecule has 0 unspecified atom stereocenters. The van der Waals surface area contributed by atoms with Crippen LogP contribution in [-0.2, 0) is 35.1 Å². The molecule has 0 N–H and O–H groups in total. The van der Waals surface area contributed by atoms with Crippen molar-refractivity contribution in [3.05, 3.63) is 217 Å². The molecular formula is C55H58Zr-4. The average molecular weight is 810 g/mol. The molecule has 0 radical (unpaired) electrons. The Morgan fingerprint density at radius 3 is 1.02 bits per heavy atom. The minimum Gasteiger partial charge on any atom is -0.214 e. The SMILES string of the molecule is CC(C)(C)c1cc2c(cc1-c1ccccc1)[cH-]c1cc(-c3ccccc3)c(C(C)(C)C)cc12.C[CH-]c1ccccc1.C[CH-]c1ccccc1.[CH2]=[Zr].c1cc[cH-]c1. The van der Waals surface area contributed by atoms with E-state index >= 15 is 0 Å². The molecule has 0 atom stereocenters. The maximum atomic E-state index is 3.34. The summed E-state index contributed by atoms with van der Waals surface area (Å²) in [4.78, 5) is 0. The molecule has 8 rings (SSSR count). The third-order valence-corrected chi connectivity index (χ3v) is 9.59. The van der Waals surface area contributed by atoms with Crippen LogP contribution >= 0.6 is 0 Å². The molecule has 0 aliphatic carbocycles. The maximum absolute atomic E-state index is 3.34. The summed E-state index contributed by atoms with van der Waals surface area (Å²) in [6, 6.07) is 64.2. The van der Waals surface area contributed by atoms with Gasteiger partial charge in [0.05, 0.1) is 0 Å². The van der Waals surface area contributed by atoms with E-state index in [4.69, 9.17) is 0 Å². The van der Waals surface area contributed by atoms with Crippen LogP contribution in [0.4, 0.5) is 0 Å². The summed E-state index contributed by atoms with van der Waals surface area (Å²) < 4.78 is 3.34. The van der Waals surface area contributed by atoms with Crippen molar-refractivity contribution >= 4 is 25.8 Å². The Kier molecular flexibility index (Phi) is 16.7. The largest absolute Gasteiger partial charge is 0.214 e. The fourth-order valence-electron chi connectivity index (χ4n) is 6.67. The second-order valence-corrected chi connectivity index (χ2v) is 15.7. The number of benzene rings is 6. The zero-order valence-electron chi connectivity index (χ0n) is 34.7. The Morgan fingerprint density at radius 2 is 0.768 bits per heavy atom. The van der Waals surface area contributed by atoms with Gasteiger partial charge in [-0.2, -0.15) is 66.4 Å². The van der Waals surface area contributed by atoms with Crippen LogP contribution in [0.15, 0.2) is 182 Å². The molecule has 286 valence electrons. The first kappa shape index (κ1) is 43.8. The molecule has 56 heavy (non-hydrogen) atoms.